The first kappa shape index (κ1) is 21.7. The number of fused-ring (bicyclic) bond motifs is 1. The molecule has 168 valence electrons. The van der Waals surface area contributed by atoms with Crippen molar-refractivity contribution in [2.24, 2.45) is 0 Å². The third-order valence-corrected chi connectivity index (χ3v) is 4.80. The van der Waals surface area contributed by atoms with Gasteiger partial charge in [-0.05, 0) is 31.2 Å². The smallest absolute Gasteiger partial charge is 0.343 e. The molecule has 3 heterocycles. The molecule has 11 nitrogen and oxygen atoms in total. The third-order valence-electron chi connectivity index (χ3n) is 4.80. The van der Waals surface area contributed by atoms with E-state index in [1.165, 1.54) is 27.7 Å². The monoisotopic (exact) mass is 448 g/mol. The second kappa shape index (κ2) is 9.30. The number of ether oxygens (including phenoxy) is 1. The van der Waals surface area contributed by atoms with Gasteiger partial charge in [0.25, 0.3) is 5.91 Å². The van der Waals surface area contributed by atoms with Gasteiger partial charge in [-0.25, -0.2) is 14.3 Å². The van der Waals surface area contributed by atoms with Crippen molar-refractivity contribution in [2.45, 2.75) is 19.9 Å². The van der Waals surface area contributed by atoms with E-state index in [0.717, 1.165) is 5.56 Å². The Morgan fingerprint density at radius 2 is 1.97 bits per heavy atom. The van der Waals surface area contributed by atoms with Gasteiger partial charge >= 0.3 is 11.9 Å². The summed E-state index contributed by atoms with van der Waals surface area (Å²) in [5, 5.41) is 20.0. The molecule has 0 aliphatic carbocycles. The molecule has 4 aromatic rings. The summed E-state index contributed by atoms with van der Waals surface area (Å²) in [6, 6.07) is 10.4. The van der Waals surface area contributed by atoms with E-state index in [0.29, 0.717) is 17.0 Å². The van der Waals surface area contributed by atoms with Gasteiger partial charge in [0, 0.05) is 23.6 Å². The van der Waals surface area contributed by atoms with E-state index in [1.807, 2.05) is 6.07 Å². The maximum Gasteiger partial charge on any atom is 0.343 e. The SMILES string of the molecule is CCOC(=O)c1cnn2c(-c3cccc(NC(=O)c4ccnn4CCC(=O)O)c3)ccnc12. The highest BCUT2D eigenvalue weighted by molar-refractivity contribution is 6.03. The Hall–Kier alpha value is -4.54. The second-order valence-corrected chi connectivity index (χ2v) is 6.96. The molecule has 0 saturated heterocycles. The number of carbonyl (C=O) groups is 3. The Balaban J connectivity index is 1.60. The molecule has 0 radical (unpaired) electrons. The van der Waals surface area contributed by atoms with Crippen molar-refractivity contribution in [3.8, 4) is 11.3 Å². The number of anilines is 1. The number of esters is 1. The Morgan fingerprint density at radius 1 is 1.12 bits per heavy atom. The average Bonchev–Trinajstić information content (AvgIpc) is 3.45. The topological polar surface area (TPSA) is 141 Å². The van der Waals surface area contributed by atoms with Gasteiger partial charge in [0.15, 0.2) is 5.65 Å². The summed E-state index contributed by atoms with van der Waals surface area (Å²) in [5.74, 6) is -1.89. The number of amides is 1. The number of rotatable bonds is 8. The number of hydrogen-bond acceptors (Lipinski definition) is 7. The quantitative estimate of drug-likeness (QED) is 0.392. The van der Waals surface area contributed by atoms with Crippen molar-refractivity contribution in [3.05, 3.63) is 66.2 Å². The predicted octanol–water partition coefficient (Wildman–Crippen LogP) is 2.50. The van der Waals surface area contributed by atoms with E-state index < -0.39 is 17.8 Å². The van der Waals surface area contributed by atoms with Crippen LogP contribution in [0.3, 0.4) is 0 Å². The Labute approximate surface area is 187 Å². The summed E-state index contributed by atoms with van der Waals surface area (Å²) in [4.78, 5) is 40.0. The summed E-state index contributed by atoms with van der Waals surface area (Å²) < 4.78 is 7.94. The lowest BCUT2D eigenvalue weighted by molar-refractivity contribution is -0.137. The van der Waals surface area contributed by atoms with Crippen LogP contribution in [0.2, 0.25) is 0 Å². The standard InChI is InChI=1S/C22H20N6O5/c1-2-33-22(32)16-13-25-28-17(6-9-23-20(16)28)14-4-3-5-15(12-14)26-21(31)18-7-10-24-27(18)11-8-19(29)30/h3-7,9-10,12-13H,2,8,11H2,1H3,(H,26,31)(H,29,30). The molecule has 2 N–H and O–H groups in total. The first-order valence-electron chi connectivity index (χ1n) is 10.1. The average molecular weight is 448 g/mol. The lowest BCUT2D eigenvalue weighted by Gasteiger charge is -2.10. The van der Waals surface area contributed by atoms with Crippen molar-refractivity contribution in [1.29, 1.82) is 0 Å². The van der Waals surface area contributed by atoms with Crippen LogP contribution in [0, 0.1) is 0 Å². The van der Waals surface area contributed by atoms with Gasteiger partial charge in [-0.1, -0.05) is 12.1 Å². The molecule has 1 amide bonds. The van der Waals surface area contributed by atoms with E-state index in [-0.39, 0.29) is 30.8 Å². The van der Waals surface area contributed by atoms with E-state index >= 15 is 0 Å². The molecule has 0 aliphatic heterocycles. The minimum Gasteiger partial charge on any atom is -0.481 e. The van der Waals surface area contributed by atoms with Gasteiger partial charge in [0.05, 0.1) is 31.5 Å². The van der Waals surface area contributed by atoms with Crippen molar-refractivity contribution >= 4 is 29.2 Å². The first-order valence-corrected chi connectivity index (χ1v) is 10.1. The minimum atomic E-state index is -0.974. The summed E-state index contributed by atoms with van der Waals surface area (Å²) in [6.45, 7) is 2.05. The van der Waals surface area contributed by atoms with Crippen molar-refractivity contribution < 1.29 is 24.2 Å². The molecule has 0 spiro atoms. The van der Waals surface area contributed by atoms with Crippen LogP contribution in [0.15, 0.2) is 55.0 Å². The number of benzene rings is 1. The maximum atomic E-state index is 12.7. The molecule has 33 heavy (non-hydrogen) atoms. The van der Waals surface area contributed by atoms with E-state index in [9.17, 15) is 14.4 Å². The van der Waals surface area contributed by atoms with Crippen molar-refractivity contribution in [1.82, 2.24) is 24.4 Å². The van der Waals surface area contributed by atoms with Gasteiger partial charge in [-0.3, -0.25) is 14.3 Å². The van der Waals surface area contributed by atoms with Gasteiger partial charge in [0.2, 0.25) is 0 Å². The van der Waals surface area contributed by atoms with Gasteiger partial charge in [-0.15, -0.1) is 0 Å². The zero-order valence-corrected chi connectivity index (χ0v) is 17.6. The van der Waals surface area contributed by atoms with Crippen LogP contribution in [0.1, 0.15) is 34.2 Å². The number of aliphatic carboxylic acids is 1. The van der Waals surface area contributed by atoms with Crippen molar-refractivity contribution in [3.63, 3.8) is 0 Å². The molecule has 4 rings (SSSR count). The lowest BCUT2D eigenvalue weighted by atomic mass is 10.1. The number of nitrogens with zero attached hydrogens (tertiary/aromatic N) is 5. The number of hydrogen-bond donors (Lipinski definition) is 2. The molecular weight excluding hydrogens is 428 g/mol. The number of nitrogens with one attached hydrogen (secondary N) is 1. The fourth-order valence-electron chi connectivity index (χ4n) is 3.32. The molecule has 11 heteroatoms. The van der Waals surface area contributed by atoms with Crippen LogP contribution in [-0.4, -0.2) is 53.9 Å². The Bertz CT molecular complexity index is 1340. The normalized spacial score (nSPS) is 10.8. The highest BCUT2D eigenvalue weighted by atomic mass is 16.5. The van der Waals surface area contributed by atoms with E-state index in [4.69, 9.17) is 9.84 Å². The third kappa shape index (κ3) is 4.56. The van der Waals surface area contributed by atoms with Crippen LogP contribution >= 0.6 is 0 Å². The molecule has 0 atom stereocenters. The molecule has 1 aromatic carbocycles. The molecule has 0 aliphatic rings. The summed E-state index contributed by atoms with van der Waals surface area (Å²) >= 11 is 0. The van der Waals surface area contributed by atoms with E-state index in [2.05, 4.69) is 20.5 Å². The fourth-order valence-corrected chi connectivity index (χ4v) is 3.32. The fraction of sp³-hybridized carbons (Fsp3) is 0.182. The van der Waals surface area contributed by atoms with Gasteiger partial charge < -0.3 is 15.2 Å². The Morgan fingerprint density at radius 3 is 2.76 bits per heavy atom. The van der Waals surface area contributed by atoms with Crippen LogP contribution in [0.25, 0.3) is 16.9 Å². The molecule has 0 bridgehead atoms. The summed E-state index contributed by atoms with van der Waals surface area (Å²) in [7, 11) is 0. The second-order valence-electron chi connectivity index (χ2n) is 6.96. The van der Waals surface area contributed by atoms with Gasteiger partial charge in [0.1, 0.15) is 11.3 Å². The van der Waals surface area contributed by atoms with E-state index in [1.54, 1.807) is 37.4 Å². The highest BCUT2D eigenvalue weighted by Gasteiger charge is 2.18. The maximum absolute atomic E-state index is 12.7. The number of aryl methyl sites for hydroxylation is 1. The molecular formula is C22H20N6O5. The van der Waals surface area contributed by atoms with Crippen LogP contribution in [-0.2, 0) is 16.1 Å². The van der Waals surface area contributed by atoms with Crippen LogP contribution < -0.4 is 5.32 Å². The molecule has 0 fully saturated rings. The summed E-state index contributed by atoms with van der Waals surface area (Å²) in [6.07, 6.45) is 4.28. The number of carboxylic acids is 1. The van der Waals surface area contributed by atoms with Crippen molar-refractivity contribution in [2.75, 3.05) is 11.9 Å². The lowest BCUT2D eigenvalue weighted by Crippen LogP contribution is -2.19. The predicted molar refractivity (Wildman–Crippen MR) is 117 cm³/mol. The van der Waals surface area contributed by atoms with Crippen LogP contribution in [0.4, 0.5) is 5.69 Å². The number of carbonyl (C=O) groups excluding carboxylic acids is 2. The largest absolute Gasteiger partial charge is 0.481 e. The number of carboxylic acid groups (broad SMARTS) is 1. The molecule has 0 saturated carbocycles. The van der Waals surface area contributed by atoms with Crippen LogP contribution in [0.5, 0.6) is 0 Å². The summed E-state index contributed by atoms with van der Waals surface area (Å²) in [5.41, 5.74) is 2.79. The minimum absolute atomic E-state index is 0.0855. The first-order chi connectivity index (χ1) is 16.0. The zero-order valence-electron chi connectivity index (χ0n) is 17.6. The highest BCUT2D eigenvalue weighted by Crippen LogP contribution is 2.24. The number of aromatic nitrogens is 5. The zero-order chi connectivity index (χ0) is 23.4. The van der Waals surface area contributed by atoms with Gasteiger partial charge in [-0.2, -0.15) is 10.2 Å². The molecule has 0 unspecified atom stereocenters. The molecule has 3 aromatic heterocycles. The Kier molecular flexibility index (Phi) is 6.11.